The number of ether oxygens (including phenoxy) is 2. The first kappa shape index (κ1) is 18.5. The van der Waals surface area contributed by atoms with Crippen molar-refractivity contribution in [1.82, 2.24) is 0 Å². The van der Waals surface area contributed by atoms with Gasteiger partial charge in [-0.05, 0) is 35.9 Å². The Bertz CT molecular complexity index is 987. The van der Waals surface area contributed by atoms with Crippen LogP contribution in [0.5, 0.6) is 0 Å². The van der Waals surface area contributed by atoms with Crippen molar-refractivity contribution < 1.29 is 32.7 Å². The Labute approximate surface area is 165 Å². The van der Waals surface area contributed by atoms with Crippen LogP contribution in [0.3, 0.4) is 0 Å². The van der Waals surface area contributed by atoms with E-state index in [1.165, 1.54) is 29.6 Å². The van der Waals surface area contributed by atoms with Crippen LogP contribution in [-0.4, -0.2) is 38.1 Å². The summed E-state index contributed by atoms with van der Waals surface area (Å²) in [5.74, 6) is -1.75. The van der Waals surface area contributed by atoms with Crippen molar-refractivity contribution in [2.75, 3.05) is 25.2 Å². The molecule has 0 atom stereocenters. The lowest BCUT2D eigenvalue weighted by atomic mass is 9.83. The number of para-hydroxylation sites is 1. The molecule has 0 spiro atoms. The number of nitrogens with zero attached hydrogens (tertiary/aromatic N) is 1. The van der Waals surface area contributed by atoms with E-state index in [-0.39, 0.29) is 30.6 Å². The van der Waals surface area contributed by atoms with Gasteiger partial charge in [-0.3, -0.25) is 4.79 Å². The van der Waals surface area contributed by atoms with Crippen molar-refractivity contribution in [2.45, 2.75) is 5.41 Å². The highest BCUT2D eigenvalue weighted by Gasteiger charge is 2.52. The van der Waals surface area contributed by atoms with Crippen molar-refractivity contribution in [3.8, 4) is 0 Å². The fraction of sp³-hybridized carbons (Fsp3) is 0.190. The van der Waals surface area contributed by atoms with E-state index >= 15 is 0 Å². The van der Waals surface area contributed by atoms with Crippen molar-refractivity contribution >= 4 is 23.5 Å². The zero-order valence-corrected chi connectivity index (χ0v) is 15.5. The fourth-order valence-corrected chi connectivity index (χ4v) is 3.35. The first-order chi connectivity index (χ1) is 14.0. The Balaban J connectivity index is 1.63. The quantitative estimate of drug-likeness (QED) is 0.592. The number of carbonyl (C=O) groups excluding carboxylic acids is 3. The number of carbonyl (C=O) groups is 3. The van der Waals surface area contributed by atoms with Gasteiger partial charge in [0.2, 0.25) is 17.4 Å². The summed E-state index contributed by atoms with van der Waals surface area (Å²) in [7, 11) is 1.62. The predicted molar refractivity (Wildman–Crippen MR) is 99.5 cm³/mol. The van der Waals surface area contributed by atoms with Crippen LogP contribution in [0.25, 0.3) is 0 Å². The van der Waals surface area contributed by atoms with Crippen LogP contribution in [0, 0.1) is 0 Å². The summed E-state index contributed by atoms with van der Waals surface area (Å²) in [6.45, 7) is -0.643. The molecule has 0 saturated heterocycles. The minimum Gasteiger partial charge on any atom is -0.458 e. The number of rotatable bonds is 6. The minimum absolute atomic E-state index is 0.0137. The number of fused-ring (bicyclic) bond motifs is 1. The van der Waals surface area contributed by atoms with Gasteiger partial charge in [-0.25, -0.2) is 9.59 Å². The van der Waals surface area contributed by atoms with Gasteiger partial charge >= 0.3 is 11.9 Å². The first-order valence-corrected chi connectivity index (χ1v) is 8.82. The fourth-order valence-electron chi connectivity index (χ4n) is 3.35. The summed E-state index contributed by atoms with van der Waals surface area (Å²) in [6.07, 6.45) is 2.70. The zero-order valence-electron chi connectivity index (χ0n) is 15.5. The van der Waals surface area contributed by atoms with Crippen LogP contribution in [0.15, 0.2) is 69.9 Å². The number of hydrogen-bond donors (Lipinski definition) is 0. The summed E-state index contributed by atoms with van der Waals surface area (Å²) in [5, 5.41) is 0. The van der Waals surface area contributed by atoms with Crippen molar-refractivity contribution in [2.24, 2.45) is 0 Å². The van der Waals surface area contributed by atoms with E-state index in [4.69, 9.17) is 18.3 Å². The molecule has 0 saturated carbocycles. The molecule has 3 heterocycles. The van der Waals surface area contributed by atoms with Gasteiger partial charge in [-0.2, -0.15) is 0 Å². The smallest absolute Gasteiger partial charge is 0.374 e. The summed E-state index contributed by atoms with van der Waals surface area (Å²) < 4.78 is 20.8. The first-order valence-electron chi connectivity index (χ1n) is 8.82. The number of furan rings is 2. The SMILES string of the molecule is CN1C(=O)C(COC(=O)c2ccco2)(COC(=O)c2ccco2)c2ccccc21. The highest BCUT2D eigenvalue weighted by molar-refractivity contribution is 6.08. The van der Waals surface area contributed by atoms with E-state index in [1.54, 1.807) is 43.4 Å². The van der Waals surface area contributed by atoms with Crippen molar-refractivity contribution in [3.63, 3.8) is 0 Å². The number of anilines is 1. The maximum atomic E-state index is 13.2. The van der Waals surface area contributed by atoms with Crippen LogP contribution in [0.2, 0.25) is 0 Å². The average Bonchev–Trinajstić information content (AvgIpc) is 3.49. The van der Waals surface area contributed by atoms with E-state index < -0.39 is 17.4 Å². The predicted octanol–water partition coefficient (Wildman–Crippen LogP) is 2.80. The lowest BCUT2D eigenvalue weighted by Gasteiger charge is -2.27. The normalized spacial score (nSPS) is 14.5. The topological polar surface area (TPSA) is 99.2 Å². The van der Waals surface area contributed by atoms with Gasteiger partial charge in [0.05, 0.1) is 12.5 Å². The number of benzene rings is 1. The third-order valence-corrected chi connectivity index (χ3v) is 4.84. The Morgan fingerprint density at radius 1 is 0.897 bits per heavy atom. The van der Waals surface area contributed by atoms with Crippen molar-refractivity contribution in [3.05, 3.63) is 78.1 Å². The van der Waals surface area contributed by atoms with Gasteiger partial charge < -0.3 is 23.2 Å². The van der Waals surface area contributed by atoms with E-state index in [0.29, 0.717) is 11.3 Å². The molecule has 29 heavy (non-hydrogen) atoms. The standard InChI is InChI=1S/C21H17NO7/c1-22-15-7-3-2-6-14(15)21(20(22)25,12-28-18(23)16-8-4-10-26-16)13-29-19(24)17-9-5-11-27-17/h2-11H,12-13H2,1H3. The highest BCUT2D eigenvalue weighted by Crippen LogP contribution is 2.42. The van der Waals surface area contributed by atoms with Gasteiger partial charge in [-0.1, -0.05) is 18.2 Å². The highest BCUT2D eigenvalue weighted by atomic mass is 16.6. The number of esters is 2. The molecule has 0 radical (unpaired) electrons. The molecule has 1 aliphatic rings. The summed E-state index contributed by atoms with van der Waals surface area (Å²) in [6, 6.07) is 13.1. The molecule has 8 heteroatoms. The lowest BCUT2D eigenvalue weighted by molar-refractivity contribution is -0.126. The van der Waals surface area contributed by atoms with Gasteiger partial charge in [0.15, 0.2) is 0 Å². The molecule has 3 aromatic rings. The Kier molecular flexibility index (Phi) is 4.67. The number of amides is 1. The molecule has 1 aliphatic heterocycles. The molecule has 148 valence electrons. The molecule has 2 aromatic heterocycles. The molecule has 0 aliphatic carbocycles. The largest absolute Gasteiger partial charge is 0.458 e. The molecule has 8 nitrogen and oxygen atoms in total. The second-order valence-corrected chi connectivity index (χ2v) is 6.57. The van der Waals surface area contributed by atoms with Gasteiger partial charge in [-0.15, -0.1) is 0 Å². The number of likely N-dealkylation sites (N-methyl/N-ethyl adjacent to an activating group) is 1. The maximum absolute atomic E-state index is 13.2. The summed E-state index contributed by atoms with van der Waals surface area (Å²) >= 11 is 0. The minimum atomic E-state index is -1.38. The summed E-state index contributed by atoms with van der Waals surface area (Å²) in [5.41, 5.74) is -0.122. The molecule has 0 bridgehead atoms. The van der Waals surface area contributed by atoms with Crippen LogP contribution in [-0.2, 0) is 19.7 Å². The van der Waals surface area contributed by atoms with Crippen molar-refractivity contribution in [1.29, 1.82) is 0 Å². The zero-order chi connectivity index (χ0) is 20.4. The van der Waals surface area contributed by atoms with Crippen LogP contribution in [0.1, 0.15) is 26.7 Å². The molecule has 4 rings (SSSR count). The maximum Gasteiger partial charge on any atom is 0.374 e. The molecule has 1 amide bonds. The Morgan fingerprint density at radius 2 is 1.45 bits per heavy atom. The molecule has 0 unspecified atom stereocenters. The van der Waals surface area contributed by atoms with E-state index in [0.717, 1.165) is 0 Å². The van der Waals surface area contributed by atoms with Crippen LogP contribution < -0.4 is 4.90 Å². The number of hydrogen-bond acceptors (Lipinski definition) is 7. The van der Waals surface area contributed by atoms with Gasteiger partial charge in [0, 0.05) is 12.7 Å². The molecular weight excluding hydrogens is 378 g/mol. The monoisotopic (exact) mass is 395 g/mol. The summed E-state index contributed by atoms with van der Waals surface area (Å²) in [4.78, 5) is 39.2. The van der Waals surface area contributed by atoms with E-state index in [1.807, 2.05) is 0 Å². The molecule has 0 N–H and O–H groups in total. The Hall–Kier alpha value is -3.81. The van der Waals surface area contributed by atoms with Gasteiger partial charge in [0.1, 0.15) is 18.6 Å². The third-order valence-electron chi connectivity index (χ3n) is 4.84. The van der Waals surface area contributed by atoms with Crippen LogP contribution >= 0.6 is 0 Å². The van der Waals surface area contributed by atoms with E-state index in [2.05, 4.69) is 0 Å². The third kappa shape index (κ3) is 3.18. The van der Waals surface area contributed by atoms with E-state index in [9.17, 15) is 14.4 Å². The van der Waals surface area contributed by atoms with Crippen LogP contribution in [0.4, 0.5) is 5.69 Å². The second-order valence-electron chi connectivity index (χ2n) is 6.57. The Morgan fingerprint density at radius 3 is 1.97 bits per heavy atom. The second kappa shape index (κ2) is 7.31. The molecule has 1 aromatic carbocycles. The lowest BCUT2D eigenvalue weighted by Crippen LogP contribution is -2.47. The molecular formula is C21H17NO7. The average molecular weight is 395 g/mol. The van der Waals surface area contributed by atoms with Gasteiger partial charge in [0.25, 0.3) is 0 Å². The molecule has 0 fully saturated rings.